The minimum Gasteiger partial charge on any atom is -0.352 e. The number of halogens is 1. The number of hydrogen-bond donors (Lipinski definition) is 2. The Bertz CT molecular complexity index is 345. The molecule has 1 unspecified atom stereocenters. The number of likely N-dealkylation sites (tertiary alicyclic amines) is 1. The summed E-state index contributed by atoms with van der Waals surface area (Å²) in [4.78, 5) is 25.5. The van der Waals surface area contributed by atoms with Crippen LogP contribution in [0.5, 0.6) is 0 Å². The molecule has 1 saturated heterocycles. The Labute approximate surface area is 120 Å². The van der Waals surface area contributed by atoms with Gasteiger partial charge in [0.05, 0.1) is 5.54 Å². The maximum atomic E-state index is 12.1. The zero-order valence-corrected chi connectivity index (χ0v) is 12.3. The summed E-state index contributed by atoms with van der Waals surface area (Å²) in [5, 5.41) is 3.00. The standard InChI is InChI=1S/C13H23N3O2.ClH/c1-2-4-11(17)15-10-5-3-8-16(9-10)12(18)13(14)6-7-13;/h10H,2-9,14H2,1H3,(H,15,17);1H. The van der Waals surface area contributed by atoms with Gasteiger partial charge in [0.2, 0.25) is 11.8 Å². The number of rotatable bonds is 4. The molecule has 2 aliphatic rings. The number of nitrogens with one attached hydrogen (secondary N) is 1. The summed E-state index contributed by atoms with van der Waals surface area (Å²) in [6.07, 6.45) is 4.92. The van der Waals surface area contributed by atoms with Gasteiger partial charge in [0.25, 0.3) is 0 Å². The van der Waals surface area contributed by atoms with E-state index in [1.807, 2.05) is 11.8 Å². The molecule has 1 atom stereocenters. The number of hydrogen-bond acceptors (Lipinski definition) is 3. The van der Waals surface area contributed by atoms with Crippen LogP contribution >= 0.6 is 12.4 Å². The van der Waals surface area contributed by atoms with Crippen molar-refractivity contribution in [2.24, 2.45) is 5.73 Å². The van der Waals surface area contributed by atoms with Gasteiger partial charge in [0.15, 0.2) is 0 Å². The molecular formula is C13H24ClN3O2. The molecule has 0 aromatic rings. The second-order valence-corrected chi connectivity index (χ2v) is 5.56. The fourth-order valence-electron chi connectivity index (χ4n) is 2.47. The zero-order valence-electron chi connectivity index (χ0n) is 11.5. The number of piperidine rings is 1. The lowest BCUT2D eigenvalue weighted by Gasteiger charge is -2.34. The van der Waals surface area contributed by atoms with Crippen LogP contribution in [-0.4, -0.2) is 41.4 Å². The average Bonchev–Trinajstić information content (AvgIpc) is 3.08. The maximum absolute atomic E-state index is 12.1. The Morgan fingerprint density at radius 2 is 2.11 bits per heavy atom. The lowest BCUT2D eigenvalue weighted by Crippen LogP contribution is -2.54. The Kier molecular flexibility index (Phi) is 5.62. The van der Waals surface area contributed by atoms with E-state index < -0.39 is 5.54 Å². The van der Waals surface area contributed by atoms with Crippen LogP contribution in [0.25, 0.3) is 0 Å². The second-order valence-electron chi connectivity index (χ2n) is 5.56. The number of nitrogens with zero attached hydrogens (tertiary/aromatic N) is 1. The molecule has 2 fully saturated rings. The van der Waals surface area contributed by atoms with Crippen LogP contribution in [0.15, 0.2) is 0 Å². The molecule has 2 rings (SSSR count). The average molecular weight is 290 g/mol. The third-order valence-corrected chi connectivity index (χ3v) is 3.77. The van der Waals surface area contributed by atoms with E-state index in [2.05, 4.69) is 5.32 Å². The quantitative estimate of drug-likeness (QED) is 0.804. The van der Waals surface area contributed by atoms with E-state index in [1.54, 1.807) is 0 Å². The highest BCUT2D eigenvalue weighted by Gasteiger charge is 2.48. The summed E-state index contributed by atoms with van der Waals surface area (Å²) in [5.74, 6) is 0.155. The molecule has 3 N–H and O–H groups in total. The fraction of sp³-hybridized carbons (Fsp3) is 0.846. The molecule has 6 heteroatoms. The normalized spacial score (nSPS) is 24.3. The predicted octanol–water partition coefficient (Wildman–Crippen LogP) is 0.807. The van der Waals surface area contributed by atoms with Gasteiger partial charge in [-0.05, 0) is 32.1 Å². The lowest BCUT2D eigenvalue weighted by molar-refractivity contribution is -0.135. The van der Waals surface area contributed by atoms with Crippen LogP contribution in [0, 0.1) is 0 Å². The van der Waals surface area contributed by atoms with Crippen LogP contribution < -0.4 is 11.1 Å². The molecule has 0 spiro atoms. The van der Waals surface area contributed by atoms with Crippen molar-refractivity contribution in [2.45, 2.75) is 57.0 Å². The summed E-state index contributed by atoms with van der Waals surface area (Å²) in [6.45, 7) is 3.38. The van der Waals surface area contributed by atoms with E-state index in [9.17, 15) is 9.59 Å². The minimum absolute atomic E-state index is 0. The highest BCUT2D eigenvalue weighted by molar-refractivity contribution is 5.89. The molecule has 0 aromatic carbocycles. The van der Waals surface area contributed by atoms with E-state index in [-0.39, 0.29) is 30.3 Å². The van der Waals surface area contributed by atoms with Crippen LogP contribution in [-0.2, 0) is 9.59 Å². The Hall–Kier alpha value is -0.810. The van der Waals surface area contributed by atoms with Crippen molar-refractivity contribution in [1.29, 1.82) is 0 Å². The van der Waals surface area contributed by atoms with Crippen molar-refractivity contribution >= 4 is 24.2 Å². The van der Waals surface area contributed by atoms with Gasteiger partial charge in [-0.25, -0.2) is 0 Å². The SMILES string of the molecule is CCCC(=O)NC1CCCN(C(=O)C2(N)CC2)C1.Cl. The van der Waals surface area contributed by atoms with Crippen molar-refractivity contribution in [3.63, 3.8) is 0 Å². The summed E-state index contributed by atoms with van der Waals surface area (Å²) in [7, 11) is 0. The van der Waals surface area contributed by atoms with Crippen LogP contribution in [0.2, 0.25) is 0 Å². The summed E-state index contributed by atoms with van der Waals surface area (Å²) in [5.41, 5.74) is 5.35. The molecule has 1 saturated carbocycles. The maximum Gasteiger partial charge on any atom is 0.242 e. The highest BCUT2D eigenvalue weighted by Crippen LogP contribution is 2.34. The first-order chi connectivity index (χ1) is 8.55. The lowest BCUT2D eigenvalue weighted by atomic mass is 10.0. The molecule has 2 amide bonds. The molecule has 19 heavy (non-hydrogen) atoms. The van der Waals surface area contributed by atoms with Gasteiger partial charge in [-0.15, -0.1) is 12.4 Å². The van der Waals surface area contributed by atoms with Crippen LogP contribution in [0.1, 0.15) is 45.4 Å². The first-order valence-electron chi connectivity index (χ1n) is 6.93. The Morgan fingerprint density at radius 3 is 2.68 bits per heavy atom. The van der Waals surface area contributed by atoms with E-state index in [0.717, 1.165) is 38.6 Å². The van der Waals surface area contributed by atoms with Crippen molar-refractivity contribution in [3.8, 4) is 0 Å². The number of carbonyl (C=O) groups is 2. The van der Waals surface area contributed by atoms with Crippen LogP contribution in [0.3, 0.4) is 0 Å². The first-order valence-corrected chi connectivity index (χ1v) is 6.93. The van der Waals surface area contributed by atoms with Gasteiger partial charge >= 0.3 is 0 Å². The molecule has 0 radical (unpaired) electrons. The van der Waals surface area contributed by atoms with Crippen molar-refractivity contribution < 1.29 is 9.59 Å². The molecule has 0 aromatic heterocycles. The summed E-state index contributed by atoms with van der Waals surface area (Å²) >= 11 is 0. The van der Waals surface area contributed by atoms with Gasteiger partial charge in [0.1, 0.15) is 0 Å². The van der Waals surface area contributed by atoms with E-state index in [1.165, 1.54) is 0 Å². The molecule has 1 aliphatic carbocycles. The fourth-order valence-corrected chi connectivity index (χ4v) is 2.47. The minimum atomic E-state index is -0.588. The van der Waals surface area contributed by atoms with Crippen molar-refractivity contribution in [2.75, 3.05) is 13.1 Å². The zero-order chi connectivity index (χ0) is 13.2. The topological polar surface area (TPSA) is 75.4 Å². The number of amides is 2. The van der Waals surface area contributed by atoms with Gasteiger partial charge in [-0.1, -0.05) is 6.92 Å². The van der Waals surface area contributed by atoms with E-state index in [0.29, 0.717) is 13.0 Å². The van der Waals surface area contributed by atoms with Gasteiger partial charge in [-0.2, -0.15) is 0 Å². The van der Waals surface area contributed by atoms with E-state index >= 15 is 0 Å². The summed E-state index contributed by atoms with van der Waals surface area (Å²) < 4.78 is 0. The van der Waals surface area contributed by atoms with E-state index in [4.69, 9.17) is 5.73 Å². The highest BCUT2D eigenvalue weighted by atomic mass is 35.5. The Balaban J connectivity index is 0.00000180. The van der Waals surface area contributed by atoms with Crippen LogP contribution in [0.4, 0.5) is 0 Å². The molecule has 1 heterocycles. The molecule has 5 nitrogen and oxygen atoms in total. The molecule has 0 bridgehead atoms. The molecular weight excluding hydrogens is 266 g/mol. The van der Waals surface area contributed by atoms with Crippen molar-refractivity contribution in [1.82, 2.24) is 10.2 Å². The number of nitrogens with two attached hydrogens (primary N) is 1. The first kappa shape index (κ1) is 16.2. The molecule has 1 aliphatic heterocycles. The Morgan fingerprint density at radius 1 is 1.42 bits per heavy atom. The predicted molar refractivity (Wildman–Crippen MR) is 76.1 cm³/mol. The molecule has 110 valence electrons. The van der Waals surface area contributed by atoms with Gasteiger partial charge < -0.3 is 16.0 Å². The van der Waals surface area contributed by atoms with Gasteiger partial charge in [-0.3, -0.25) is 9.59 Å². The number of carbonyl (C=O) groups excluding carboxylic acids is 2. The monoisotopic (exact) mass is 289 g/mol. The second kappa shape index (κ2) is 6.57. The van der Waals surface area contributed by atoms with Crippen molar-refractivity contribution in [3.05, 3.63) is 0 Å². The smallest absolute Gasteiger partial charge is 0.242 e. The third kappa shape index (κ3) is 4.08. The van der Waals surface area contributed by atoms with Gasteiger partial charge in [0, 0.05) is 25.6 Å². The summed E-state index contributed by atoms with van der Waals surface area (Å²) in [6, 6.07) is 0.101. The largest absolute Gasteiger partial charge is 0.352 e. The third-order valence-electron chi connectivity index (χ3n) is 3.77.